The molecule has 3 aromatic rings. The van der Waals surface area contributed by atoms with Crippen molar-refractivity contribution in [3.05, 3.63) is 53.2 Å². The molecular weight excluding hydrogens is 330 g/mol. The maximum absolute atomic E-state index is 12.8. The molecule has 1 aromatic heterocycles. The van der Waals surface area contributed by atoms with Crippen molar-refractivity contribution in [2.24, 2.45) is 0 Å². The molecule has 134 valence electrons. The van der Waals surface area contributed by atoms with E-state index < -0.39 is 0 Å². The van der Waals surface area contributed by atoms with Gasteiger partial charge in [0.1, 0.15) is 5.75 Å². The van der Waals surface area contributed by atoms with Crippen LogP contribution in [0.3, 0.4) is 0 Å². The first kappa shape index (κ1) is 17.7. The number of methoxy groups -OCH3 is 1. The fourth-order valence-electron chi connectivity index (χ4n) is 2.57. The van der Waals surface area contributed by atoms with Crippen LogP contribution in [0.15, 0.2) is 36.4 Å². The van der Waals surface area contributed by atoms with Crippen molar-refractivity contribution in [1.82, 2.24) is 9.97 Å². The third-order valence-electron chi connectivity index (χ3n) is 4.07. The van der Waals surface area contributed by atoms with Gasteiger partial charge in [0, 0.05) is 11.8 Å². The summed E-state index contributed by atoms with van der Waals surface area (Å²) in [7, 11) is 1.58. The average Bonchev–Trinajstić information content (AvgIpc) is 2.63. The van der Waals surface area contributed by atoms with E-state index in [1.165, 1.54) is 0 Å². The highest BCUT2D eigenvalue weighted by Gasteiger charge is 2.18. The van der Waals surface area contributed by atoms with Crippen molar-refractivity contribution in [1.29, 1.82) is 0 Å². The Bertz CT molecular complexity index is 970. The van der Waals surface area contributed by atoms with Crippen LogP contribution in [0, 0.1) is 13.8 Å². The summed E-state index contributed by atoms with van der Waals surface area (Å²) in [5, 5.41) is 2.82. The van der Waals surface area contributed by atoms with Crippen LogP contribution in [-0.4, -0.2) is 29.6 Å². The van der Waals surface area contributed by atoms with Gasteiger partial charge < -0.3 is 14.8 Å². The Morgan fingerprint density at radius 1 is 1.08 bits per heavy atom. The molecule has 2 aromatic carbocycles. The normalized spacial score (nSPS) is 10.6. The Morgan fingerprint density at radius 3 is 2.42 bits per heavy atom. The molecule has 0 saturated carbocycles. The Hall–Kier alpha value is -3.15. The topological polar surface area (TPSA) is 73.3 Å². The first-order valence-corrected chi connectivity index (χ1v) is 8.39. The average molecular weight is 351 g/mol. The van der Waals surface area contributed by atoms with Crippen molar-refractivity contribution >= 4 is 22.6 Å². The number of aromatic nitrogens is 2. The monoisotopic (exact) mass is 351 g/mol. The van der Waals surface area contributed by atoms with Gasteiger partial charge in [-0.05, 0) is 56.2 Å². The molecule has 1 amide bonds. The lowest BCUT2D eigenvalue weighted by Crippen LogP contribution is -2.16. The molecule has 0 unspecified atom stereocenters. The van der Waals surface area contributed by atoms with Gasteiger partial charge in [0.25, 0.3) is 5.91 Å². The smallest absolute Gasteiger partial charge is 0.279 e. The summed E-state index contributed by atoms with van der Waals surface area (Å²) in [6.45, 7) is 6.25. The van der Waals surface area contributed by atoms with E-state index in [1.807, 2.05) is 39.0 Å². The molecule has 26 heavy (non-hydrogen) atoms. The summed E-state index contributed by atoms with van der Waals surface area (Å²) in [5.74, 6) is 0.501. The van der Waals surface area contributed by atoms with Gasteiger partial charge in [0.05, 0.1) is 24.8 Å². The van der Waals surface area contributed by atoms with Gasteiger partial charge in [-0.2, -0.15) is 0 Å². The summed E-state index contributed by atoms with van der Waals surface area (Å²) in [6.07, 6.45) is 0. The van der Waals surface area contributed by atoms with E-state index in [4.69, 9.17) is 9.47 Å². The number of carbonyl (C=O) groups excluding carboxylic acids is 1. The number of nitrogens with zero attached hydrogens (tertiary/aromatic N) is 2. The minimum absolute atomic E-state index is 0.158. The lowest BCUT2D eigenvalue weighted by molar-refractivity contribution is 0.101. The zero-order valence-electron chi connectivity index (χ0n) is 15.3. The zero-order chi connectivity index (χ0) is 18.7. The molecule has 0 aliphatic carbocycles. The first-order valence-electron chi connectivity index (χ1n) is 8.39. The predicted octanol–water partition coefficient (Wildman–Crippen LogP) is 3.91. The van der Waals surface area contributed by atoms with Crippen LogP contribution in [-0.2, 0) is 0 Å². The van der Waals surface area contributed by atoms with Gasteiger partial charge in [-0.15, -0.1) is 0 Å². The number of carbonyl (C=O) groups is 1. The van der Waals surface area contributed by atoms with Gasteiger partial charge >= 0.3 is 0 Å². The molecule has 0 atom stereocenters. The van der Waals surface area contributed by atoms with E-state index in [0.29, 0.717) is 29.1 Å². The maximum Gasteiger partial charge on any atom is 0.279 e. The summed E-state index contributed by atoms with van der Waals surface area (Å²) < 4.78 is 10.7. The van der Waals surface area contributed by atoms with Crippen molar-refractivity contribution in [2.45, 2.75) is 20.8 Å². The van der Waals surface area contributed by atoms with Crippen molar-refractivity contribution in [2.75, 3.05) is 19.0 Å². The van der Waals surface area contributed by atoms with E-state index in [-0.39, 0.29) is 17.5 Å². The molecule has 1 N–H and O–H groups in total. The molecule has 0 aliphatic heterocycles. The fourth-order valence-corrected chi connectivity index (χ4v) is 2.57. The minimum Gasteiger partial charge on any atom is -0.497 e. The number of hydrogen-bond donors (Lipinski definition) is 1. The molecule has 0 saturated heterocycles. The summed E-state index contributed by atoms with van der Waals surface area (Å²) in [6, 6.07) is 11.0. The summed E-state index contributed by atoms with van der Waals surface area (Å²) >= 11 is 0. The SMILES string of the molecule is CCOc1nc2cc(C)c(C)cc2nc1C(=O)Nc1cccc(OC)c1. The first-order chi connectivity index (χ1) is 12.5. The van der Waals surface area contributed by atoms with Gasteiger partial charge in [-0.1, -0.05) is 6.07 Å². The molecule has 6 nitrogen and oxygen atoms in total. The van der Waals surface area contributed by atoms with E-state index in [1.54, 1.807) is 25.3 Å². The quantitative estimate of drug-likeness (QED) is 0.754. The molecular formula is C20H21N3O3. The lowest BCUT2D eigenvalue weighted by Gasteiger charge is -2.12. The standard InChI is InChI=1S/C20H21N3O3/c1-5-26-20-18(19(24)21-14-7-6-8-15(11-14)25-4)22-16-9-12(2)13(3)10-17(16)23-20/h6-11H,5H2,1-4H3,(H,21,24). The molecule has 0 aliphatic rings. The van der Waals surface area contributed by atoms with Crippen molar-refractivity contribution in [3.63, 3.8) is 0 Å². The van der Waals surface area contributed by atoms with Crippen molar-refractivity contribution in [3.8, 4) is 11.6 Å². The van der Waals surface area contributed by atoms with Gasteiger partial charge in [0.15, 0.2) is 5.69 Å². The summed E-state index contributed by atoms with van der Waals surface area (Å²) in [4.78, 5) is 21.8. The largest absolute Gasteiger partial charge is 0.497 e. The van der Waals surface area contributed by atoms with Crippen LogP contribution in [0.2, 0.25) is 0 Å². The Kier molecular flexibility index (Phi) is 5.02. The highest BCUT2D eigenvalue weighted by atomic mass is 16.5. The molecule has 0 fully saturated rings. The second-order valence-electron chi connectivity index (χ2n) is 5.92. The molecule has 6 heteroatoms. The highest BCUT2D eigenvalue weighted by molar-refractivity contribution is 6.05. The molecule has 3 rings (SSSR count). The van der Waals surface area contributed by atoms with Crippen LogP contribution in [0.4, 0.5) is 5.69 Å². The number of hydrogen-bond acceptors (Lipinski definition) is 5. The van der Waals surface area contributed by atoms with E-state index in [2.05, 4.69) is 15.3 Å². The van der Waals surface area contributed by atoms with Crippen LogP contribution >= 0.6 is 0 Å². The number of nitrogens with one attached hydrogen (secondary N) is 1. The molecule has 1 heterocycles. The van der Waals surface area contributed by atoms with Crippen LogP contribution in [0.5, 0.6) is 11.6 Å². The van der Waals surface area contributed by atoms with E-state index in [9.17, 15) is 4.79 Å². The summed E-state index contributed by atoms with van der Waals surface area (Å²) in [5.41, 5.74) is 4.34. The molecule has 0 spiro atoms. The highest BCUT2D eigenvalue weighted by Crippen LogP contribution is 2.24. The number of amides is 1. The van der Waals surface area contributed by atoms with Gasteiger partial charge in [-0.3, -0.25) is 4.79 Å². The Morgan fingerprint density at radius 2 is 1.77 bits per heavy atom. The van der Waals surface area contributed by atoms with Gasteiger partial charge in [0.2, 0.25) is 5.88 Å². The predicted molar refractivity (Wildman–Crippen MR) is 101 cm³/mol. The van der Waals surface area contributed by atoms with Crippen LogP contribution in [0.25, 0.3) is 11.0 Å². The van der Waals surface area contributed by atoms with Gasteiger partial charge in [-0.25, -0.2) is 9.97 Å². The van der Waals surface area contributed by atoms with E-state index >= 15 is 0 Å². The third kappa shape index (κ3) is 3.59. The van der Waals surface area contributed by atoms with E-state index in [0.717, 1.165) is 11.1 Å². The lowest BCUT2D eigenvalue weighted by atomic mass is 10.1. The number of rotatable bonds is 5. The van der Waals surface area contributed by atoms with Crippen LogP contribution in [0.1, 0.15) is 28.5 Å². The number of aryl methyl sites for hydroxylation is 2. The van der Waals surface area contributed by atoms with Crippen molar-refractivity contribution < 1.29 is 14.3 Å². The minimum atomic E-state index is -0.380. The number of benzene rings is 2. The second kappa shape index (κ2) is 7.39. The Labute approximate surface area is 152 Å². The number of anilines is 1. The second-order valence-corrected chi connectivity index (χ2v) is 5.92. The number of ether oxygens (including phenoxy) is 2. The molecule has 0 bridgehead atoms. The molecule has 0 radical (unpaired) electrons. The Balaban J connectivity index is 2.02. The zero-order valence-corrected chi connectivity index (χ0v) is 15.3. The van der Waals surface area contributed by atoms with Crippen LogP contribution < -0.4 is 14.8 Å². The number of fused-ring (bicyclic) bond motifs is 1. The maximum atomic E-state index is 12.8. The third-order valence-corrected chi connectivity index (χ3v) is 4.07. The fraction of sp³-hybridized carbons (Fsp3) is 0.250.